The number of rotatable bonds is 5. The van der Waals surface area contributed by atoms with Crippen molar-refractivity contribution in [2.45, 2.75) is 13.8 Å². The number of ketones is 1. The Hall–Kier alpha value is -2.70. The molecule has 0 heterocycles. The zero-order chi connectivity index (χ0) is 15.3. The van der Waals surface area contributed by atoms with Gasteiger partial charge >= 0.3 is 11.7 Å². The van der Waals surface area contributed by atoms with Crippen LogP contribution in [-0.4, -0.2) is 28.4 Å². The number of nitrogens with zero attached hydrogens (tertiary/aromatic N) is 1. The van der Waals surface area contributed by atoms with Gasteiger partial charge in [0.05, 0.1) is 11.5 Å². The Bertz CT molecular complexity index is 591. The lowest BCUT2D eigenvalue weighted by molar-refractivity contribution is -0.385. The summed E-state index contributed by atoms with van der Waals surface area (Å²) >= 11 is 0. The molecule has 20 heavy (non-hydrogen) atoms. The van der Waals surface area contributed by atoms with Crippen LogP contribution in [0.2, 0.25) is 0 Å². The second kappa shape index (κ2) is 6.46. The summed E-state index contributed by atoms with van der Waals surface area (Å²) in [6.45, 7) is 2.93. The third-order valence-electron chi connectivity index (χ3n) is 2.38. The number of hydrogen-bond acceptors (Lipinski definition) is 6. The number of phenols is 1. The highest BCUT2D eigenvalue weighted by molar-refractivity contribution is 6.19. The minimum Gasteiger partial charge on any atom is -0.502 e. The van der Waals surface area contributed by atoms with Gasteiger partial charge < -0.3 is 9.84 Å². The van der Waals surface area contributed by atoms with Crippen LogP contribution in [0.25, 0.3) is 6.08 Å². The number of ether oxygens (including phenoxy) is 1. The number of aromatic hydroxyl groups is 1. The van der Waals surface area contributed by atoms with Crippen molar-refractivity contribution in [2.75, 3.05) is 6.61 Å². The first-order valence-corrected chi connectivity index (χ1v) is 5.74. The molecule has 1 aromatic rings. The maximum absolute atomic E-state index is 11.6. The number of nitro benzene ring substituents is 1. The lowest BCUT2D eigenvalue weighted by atomic mass is 10.1. The molecule has 0 radical (unpaired) electrons. The van der Waals surface area contributed by atoms with E-state index in [0.29, 0.717) is 0 Å². The molecule has 0 aliphatic carbocycles. The van der Waals surface area contributed by atoms with E-state index in [9.17, 15) is 24.8 Å². The number of hydrogen-bond donors (Lipinski definition) is 1. The van der Waals surface area contributed by atoms with E-state index in [1.54, 1.807) is 6.92 Å². The van der Waals surface area contributed by atoms with Crippen LogP contribution in [0.15, 0.2) is 23.8 Å². The summed E-state index contributed by atoms with van der Waals surface area (Å²) in [5, 5.41) is 20.0. The van der Waals surface area contributed by atoms with Gasteiger partial charge in [0, 0.05) is 6.07 Å². The second-order valence-electron chi connectivity index (χ2n) is 3.84. The van der Waals surface area contributed by atoms with E-state index < -0.39 is 28.1 Å². The van der Waals surface area contributed by atoms with Gasteiger partial charge in [0.1, 0.15) is 5.57 Å². The van der Waals surface area contributed by atoms with E-state index in [1.165, 1.54) is 19.1 Å². The number of benzene rings is 1. The average Bonchev–Trinajstić information content (AvgIpc) is 2.35. The smallest absolute Gasteiger partial charge is 0.341 e. The summed E-state index contributed by atoms with van der Waals surface area (Å²) in [5.41, 5.74) is -0.367. The summed E-state index contributed by atoms with van der Waals surface area (Å²) in [5.74, 6) is -1.82. The van der Waals surface area contributed by atoms with Crippen molar-refractivity contribution in [3.05, 3.63) is 39.4 Å². The quantitative estimate of drug-likeness (QED) is 0.220. The molecular weight excluding hydrogens is 266 g/mol. The molecule has 0 aliphatic heterocycles. The Labute approximate surface area is 114 Å². The summed E-state index contributed by atoms with van der Waals surface area (Å²) in [6, 6.07) is 3.50. The van der Waals surface area contributed by atoms with Crippen LogP contribution in [0.5, 0.6) is 5.75 Å². The highest BCUT2D eigenvalue weighted by Gasteiger charge is 2.17. The third-order valence-corrected chi connectivity index (χ3v) is 2.38. The number of carbonyl (C=O) groups excluding carboxylic acids is 2. The first-order valence-electron chi connectivity index (χ1n) is 5.74. The van der Waals surface area contributed by atoms with Crippen molar-refractivity contribution in [1.29, 1.82) is 0 Å². The zero-order valence-electron chi connectivity index (χ0n) is 11.0. The Morgan fingerprint density at radius 1 is 1.45 bits per heavy atom. The van der Waals surface area contributed by atoms with Gasteiger partial charge in [-0.15, -0.1) is 0 Å². The van der Waals surface area contributed by atoms with E-state index in [2.05, 4.69) is 0 Å². The Balaban J connectivity index is 3.18. The van der Waals surface area contributed by atoms with Gasteiger partial charge in [-0.05, 0) is 37.6 Å². The zero-order valence-corrected chi connectivity index (χ0v) is 11.0. The fraction of sp³-hybridized carbons (Fsp3) is 0.231. The van der Waals surface area contributed by atoms with Gasteiger partial charge in [-0.2, -0.15) is 0 Å². The minimum absolute atomic E-state index is 0.120. The Morgan fingerprint density at radius 2 is 2.10 bits per heavy atom. The van der Waals surface area contributed by atoms with Gasteiger partial charge in [-0.1, -0.05) is 0 Å². The number of Topliss-reactive ketones (excluding diaryl/α,β-unsaturated/α-hetero) is 1. The van der Waals surface area contributed by atoms with Crippen molar-refractivity contribution in [3.8, 4) is 5.75 Å². The first kappa shape index (κ1) is 15.4. The van der Waals surface area contributed by atoms with Crippen molar-refractivity contribution in [2.24, 2.45) is 0 Å². The summed E-state index contributed by atoms with van der Waals surface area (Å²) in [6.07, 6.45) is 1.21. The highest BCUT2D eigenvalue weighted by Crippen LogP contribution is 2.27. The molecule has 0 unspecified atom stereocenters. The van der Waals surface area contributed by atoms with E-state index >= 15 is 0 Å². The van der Waals surface area contributed by atoms with Crippen molar-refractivity contribution in [3.63, 3.8) is 0 Å². The topological polar surface area (TPSA) is 107 Å². The van der Waals surface area contributed by atoms with Gasteiger partial charge in [0.25, 0.3) is 0 Å². The van der Waals surface area contributed by atoms with Crippen molar-refractivity contribution >= 4 is 23.5 Å². The number of nitro groups is 1. The van der Waals surface area contributed by atoms with E-state index in [4.69, 9.17) is 4.74 Å². The summed E-state index contributed by atoms with van der Waals surface area (Å²) in [7, 11) is 0. The lowest BCUT2D eigenvalue weighted by Crippen LogP contribution is -2.13. The van der Waals surface area contributed by atoms with Crippen LogP contribution in [0.1, 0.15) is 19.4 Å². The van der Waals surface area contributed by atoms with Gasteiger partial charge in [0.15, 0.2) is 11.5 Å². The monoisotopic (exact) mass is 279 g/mol. The van der Waals surface area contributed by atoms with Crippen LogP contribution in [0.4, 0.5) is 5.69 Å². The molecule has 0 aliphatic rings. The second-order valence-corrected chi connectivity index (χ2v) is 3.84. The third kappa shape index (κ3) is 3.64. The molecule has 0 saturated carbocycles. The fourth-order valence-electron chi connectivity index (χ4n) is 1.46. The molecule has 0 bridgehead atoms. The largest absolute Gasteiger partial charge is 0.502 e. The van der Waals surface area contributed by atoms with Crippen molar-refractivity contribution < 1.29 is 24.4 Å². The molecule has 7 nitrogen and oxygen atoms in total. The average molecular weight is 279 g/mol. The molecule has 7 heteroatoms. The number of esters is 1. The maximum Gasteiger partial charge on any atom is 0.341 e. The standard InChI is InChI=1S/C13H13NO6/c1-3-20-13(17)10(8(2)15)6-9-4-5-11(14(18)19)12(16)7-9/h4-7,16H,3H2,1-2H3/b10-6-. The Kier molecular flexibility index (Phi) is 4.96. The number of phenolic OH excluding ortho intramolecular Hbond substituents is 1. The molecule has 0 saturated heterocycles. The van der Waals surface area contributed by atoms with E-state index in [0.717, 1.165) is 12.1 Å². The lowest BCUT2D eigenvalue weighted by Gasteiger charge is -2.04. The molecular formula is C13H13NO6. The predicted molar refractivity (Wildman–Crippen MR) is 70.1 cm³/mol. The van der Waals surface area contributed by atoms with Gasteiger partial charge in [-0.25, -0.2) is 4.79 Å². The maximum atomic E-state index is 11.6. The normalized spacial score (nSPS) is 11.0. The van der Waals surface area contributed by atoms with Crippen LogP contribution < -0.4 is 0 Å². The van der Waals surface area contributed by atoms with Crippen LogP contribution in [0, 0.1) is 10.1 Å². The molecule has 0 aromatic heterocycles. The highest BCUT2D eigenvalue weighted by atomic mass is 16.6. The first-order chi connectivity index (χ1) is 9.36. The Morgan fingerprint density at radius 3 is 2.55 bits per heavy atom. The molecule has 1 rings (SSSR count). The SMILES string of the molecule is CCOC(=O)/C(=C\c1ccc([N+](=O)[O-])c(O)c1)C(C)=O. The summed E-state index contributed by atoms with van der Waals surface area (Å²) < 4.78 is 4.73. The van der Waals surface area contributed by atoms with E-state index in [1.807, 2.05) is 0 Å². The van der Waals surface area contributed by atoms with Gasteiger partial charge in [-0.3, -0.25) is 14.9 Å². The molecule has 1 N–H and O–H groups in total. The summed E-state index contributed by atoms with van der Waals surface area (Å²) in [4.78, 5) is 32.8. The number of carbonyl (C=O) groups is 2. The molecule has 0 atom stereocenters. The molecule has 0 amide bonds. The van der Waals surface area contributed by atoms with E-state index in [-0.39, 0.29) is 17.7 Å². The molecule has 1 aromatic carbocycles. The van der Waals surface area contributed by atoms with Crippen molar-refractivity contribution in [1.82, 2.24) is 0 Å². The van der Waals surface area contributed by atoms with Crippen LogP contribution in [0.3, 0.4) is 0 Å². The molecule has 0 spiro atoms. The molecule has 0 fully saturated rings. The van der Waals surface area contributed by atoms with Crippen LogP contribution in [-0.2, 0) is 14.3 Å². The minimum atomic E-state index is -0.780. The fourth-order valence-corrected chi connectivity index (χ4v) is 1.46. The predicted octanol–water partition coefficient (Wildman–Crippen LogP) is 1.84. The molecule has 106 valence electrons. The van der Waals surface area contributed by atoms with Gasteiger partial charge in [0.2, 0.25) is 0 Å². The van der Waals surface area contributed by atoms with Crippen LogP contribution >= 0.6 is 0 Å².